The minimum absolute atomic E-state index is 0. The highest BCUT2D eigenvalue weighted by Gasteiger charge is 2.38. The number of aromatic amines is 1. The first-order chi connectivity index (χ1) is 30.0. The van der Waals surface area contributed by atoms with Crippen LogP contribution in [0.4, 0.5) is 20.4 Å². The lowest BCUT2D eigenvalue weighted by molar-refractivity contribution is 0.0841. The van der Waals surface area contributed by atoms with Crippen LogP contribution in [-0.4, -0.2) is 112 Å². The van der Waals surface area contributed by atoms with Crippen LogP contribution in [0.25, 0.3) is 0 Å². The molecule has 2 aromatic carbocycles. The molecule has 344 valence electrons. The standard InChI is InChI=1S/C26H39FN4O3Si.C20H25FN4O2.ClH/c1-35(2,3)16-15-34-19-31-18-22(29-25(26(31)32)30-11-13-33-14-12-30)5-4-10-28-24-17-23(24)20-6-8-21(27)9-7-20;21-15-5-3-14(4-6-15)17-12-18(17)22-7-1-2-16-13-23-20(26)19(24-16)25-8-10-27-11-9-25;/h6-9,18,23-24,28H,4-5,10-17,19H2,1-3H3;3-6,13,17-18,22H,1-2,7-12H2,(H,23,26);1H/t23-,24+;17-,18+;/m00./s1. The van der Waals surface area contributed by atoms with Crippen molar-refractivity contribution in [3.8, 4) is 0 Å². The quantitative estimate of drug-likeness (QED) is 0.0772. The average molecular weight is 912 g/mol. The molecule has 63 heavy (non-hydrogen) atoms. The molecular formula is C46H65ClF2N8O5Si. The number of nitrogens with one attached hydrogen (secondary N) is 3. The van der Waals surface area contributed by atoms with Gasteiger partial charge in [0.25, 0.3) is 11.1 Å². The summed E-state index contributed by atoms with van der Waals surface area (Å²) in [5.74, 6) is 1.59. The Kier molecular flexibility index (Phi) is 17.9. The van der Waals surface area contributed by atoms with E-state index in [1.54, 1.807) is 10.8 Å². The van der Waals surface area contributed by atoms with E-state index in [1.165, 1.54) is 35.4 Å². The van der Waals surface area contributed by atoms with Gasteiger partial charge in [-0.05, 0) is 93.1 Å². The highest BCUT2D eigenvalue weighted by atomic mass is 35.5. The first-order valence-electron chi connectivity index (χ1n) is 22.4. The van der Waals surface area contributed by atoms with Crippen molar-refractivity contribution in [2.45, 2.75) is 94.9 Å². The van der Waals surface area contributed by atoms with Crippen LogP contribution in [0.5, 0.6) is 0 Å². The van der Waals surface area contributed by atoms with Crippen molar-refractivity contribution < 1.29 is 23.0 Å². The number of benzene rings is 2. The molecule has 4 aliphatic rings. The third kappa shape index (κ3) is 14.7. The predicted octanol–water partition coefficient (Wildman–Crippen LogP) is 5.86. The van der Waals surface area contributed by atoms with E-state index in [0.29, 0.717) is 94.8 Å². The van der Waals surface area contributed by atoms with Crippen LogP contribution in [-0.2, 0) is 33.8 Å². The Bertz CT molecular complexity index is 2150. The number of H-pyrrole nitrogens is 1. The minimum Gasteiger partial charge on any atom is -0.378 e. The number of hydrogen-bond acceptors (Lipinski definition) is 11. The predicted molar refractivity (Wildman–Crippen MR) is 249 cm³/mol. The molecule has 0 bridgehead atoms. The zero-order valence-electron chi connectivity index (χ0n) is 37.0. The maximum absolute atomic E-state index is 13.2. The number of anilines is 2. The molecule has 0 unspecified atom stereocenters. The molecule has 4 heterocycles. The van der Waals surface area contributed by atoms with Gasteiger partial charge in [-0.25, -0.2) is 18.7 Å². The Hall–Kier alpha value is -4.03. The normalized spacial score (nSPS) is 20.7. The molecule has 0 radical (unpaired) electrons. The molecule has 13 nitrogen and oxygen atoms in total. The van der Waals surface area contributed by atoms with Crippen LogP contribution in [0.15, 0.2) is 70.5 Å². The van der Waals surface area contributed by atoms with Crippen molar-refractivity contribution in [2.75, 3.05) is 82.1 Å². The van der Waals surface area contributed by atoms with E-state index in [4.69, 9.17) is 19.2 Å². The van der Waals surface area contributed by atoms with Gasteiger partial charge in [0.05, 0.1) is 37.8 Å². The lowest BCUT2D eigenvalue weighted by Gasteiger charge is -2.28. The van der Waals surface area contributed by atoms with Crippen molar-refractivity contribution in [2.24, 2.45) is 0 Å². The number of aryl methyl sites for hydroxylation is 2. The van der Waals surface area contributed by atoms with Crippen LogP contribution < -0.4 is 31.6 Å². The molecule has 4 aromatic rings. The number of halogens is 3. The van der Waals surface area contributed by atoms with Gasteiger partial charge < -0.3 is 39.6 Å². The number of morpholine rings is 2. The molecule has 0 spiro atoms. The highest BCUT2D eigenvalue weighted by Crippen LogP contribution is 2.41. The SMILES string of the molecule is C[Si](C)(C)CCOCn1cc(CCCN[C@@H]2C[C@H]2c2ccc(F)cc2)nc(N2CCOCC2)c1=O.Cl.O=c1[nH]cc(CCCN[C@@H]2C[C@H]2c2ccc(F)cc2)nc1N1CCOCC1. The Balaban J connectivity index is 0.000000213. The summed E-state index contributed by atoms with van der Waals surface area (Å²) < 4.78 is 44.5. The Morgan fingerprint density at radius 1 is 0.746 bits per heavy atom. The third-order valence-corrected chi connectivity index (χ3v) is 13.6. The number of rotatable bonds is 19. The highest BCUT2D eigenvalue weighted by molar-refractivity contribution is 6.76. The maximum Gasteiger partial charge on any atom is 0.295 e. The molecule has 4 atom stereocenters. The molecule has 17 heteroatoms. The number of aromatic nitrogens is 4. The topological polar surface area (TPSA) is 139 Å². The molecule has 2 saturated heterocycles. The fraction of sp³-hybridized carbons (Fsp3) is 0.565. The summed E-state index contributed by atoms with van der Waals surface area (Å²) in [6.07, 6.45) is 9.24. The fourth-order valence-corrected chi connectivity index (χ4v) is 8.74. The largest absolute Gasteiger partial charge is 0.378 e. The van der Waals surface area contributed by atoms with Crippen molar-refractivity contribution in [1.29, 1.82) is 0 Å². The second-order valence-corrected chi connectivity index (χ2v) is 23.7. The lowest BCUT2D eigenvalue weighted by Crippen LogP contribution is -2.41. The zero-order valence-corrected chi connectivity index (χ0v) is 38.8. The Morgan fingerprint density at radius 2 is 1.24 bits per heavy atom. The summed E-state index contributed by atoms with van der Waals surface area (Å²) in [5.41, 5.74) is 3.98. The van der Waals surface area contributed by atoms with Crippen molar-refractivity contribution >= 4 is 32.1 Å². The van der Waals surface area contributed by atoms with E-state index >= 15 is 0 Å². The van der Waals surface area contributed by atoms with E-state index in [1.807, 2.05) is 40.3 Å². The molecule has 8 rings (SSSR count). The molecular weight excluding hydrogens is 846 g/mol. The van der Waals surface area contributed by atoms with E-state index in [9.17, 15) is 18.4 Å². The van der Waals surface area contributed by atoms with Crippen molar-refractivity contribution in [3.05, 3.63) is 116 Å². The second kappa shape index (κ2) is 23.2. The van der Waals surface area contributed by atoms with Gasteiger partial charge >= 0.3 is 0 Å². The first-order valence-corrected chi connectivity index (χ1v) is 26.1. The van der Waals surface area contributed by atoms with Gasteiger partial charge in [0, 0.05) is 77.2 Å². The number of nitrogens with zero attached hydrogens (tertiary/aromatic N) is 5. The Labute approximate surface area is 376 Å². The number of hydrogen-bond donors (Lipinski definition) is 3. The van der Waals surface area contributed by atoms with Gasteiger partial charge in [-0.1, -0.05) is 43.9 Å². The summed E-state index contributed by atoms with van der Waals surface area (Å²) in [5, 5.41) is 7.17. The van der Waals surface area contributed by atoms with Crippen LogP contribution in [0.3, 0.4) is 0 Å². The van der Waals surface area contributed by atoms with Gasteiger partial charge in [0.1, 0.15) is 18.4 Å². The van der Waals surface area contributed by atoms with Gasteiger partial charge in [-0.3, -0.25) is 14.2 Å². The van der Waals surface area contributed by atoms with Crippen LogP contribution >= 0.6 is 12.4 Å². The molecule has 4 fully saturated rings. The molecule has 2 saturated carbocycles. The van der Waals surface area contributed by atoms with Crippen LogP contribution in [0, 0.1) is 11.6 Å². The van der Waals surface area contributed by atoms with E-state index < -0.39 is 8.07 Å². The average Bonchev–Trinajstić information content (AvgIpc) is 4.22. The zero-order chi connectivity index (χ0) is 43.5. The Morgan fingerprint density at radius 3 is 1.76 bits per heavy atom. The smallest absolute Gasteiger partial charge is 0.295 e. The minimum atomic E-state index is -1.18. The summed E-state index contributed by atoms with van der Waals surface area (Å²) >= 11 is 0. The first kappa shape index (κ1) is 48.4. The van der Waals surface area contributed by atoms with E-state index in [-0.39, 0.29) is 41.9 Å². The molecule has 2 aliphatic heterocycles. The summed E-state index contributed by atoms with van der Waals surface area (Å²) in [6.45, 7) is 14.9. The van der Waals surface area contributed by atoms with Crippen molar-refractivity contribution in [1.82, 2.24) is 30.2 Å². The monoisotopic (exact) mass is 910 g/mol. The second-order valence-electron chi connectivity index (χ2n) is 18.0. The summed E-state index contributed by atoms with van der Waals surface area (Å²) in [6, 6.07) is 15.6. The maximum atomic E-state index is 13.2. The molecule has 2 aliphatic carbocycles. The van der Waals surface area contributed by atoms with Gasteiger partial charge in [-0.15, -0.1) is 12.4 Å². The lowest BCUT2D eigenvalue weighted by atomic mass is 10.1. The van der Waals surface area contributed by atoms with E-state index in [2.05, 4.69) is 40.2 Å². The van der Waals surface area contributed by atoms with Gasteiger partial charge in [0.2, 0.25) is 0 Å². The van der Waals surface area contributed by atoms with E-state index in [0.717, 1.165) is 69.0 Å². The molecule has 3 N–H and O–H groups in total. The number of ether oxygens (including phenoxy) is 3. The fourth-order valence-electron chi connectivity index (χ4n) is 7.98. The van der Waals surface area contributed by atoms with Crippen LogP contribution in [0.1, 0.15) is 60.0 Å². The van der Waals surface area contributed by atoms with Gasteiger partial charge in [0.15, 0.2) is 11.6 Å². The molecule has 2 aromatic heterocycles. The third-order valence-electron chi connectivity index (χ3n) is 11.9. The summed E-state index contributed by atoms with van der Waals surface area (Å²) in [4.78, 5) is 41.3. The van der Waals surface area contributed by atoms with Crippen LogP contribution in [0.2, 0.25) is 25.7 Å². The summed E-state index contributed by atoms with van der Waals surface area (Å²) in [7, 11) is -1.18. The van der Waals surface area contributed by atoms with Gasteiger partial charge in [-0.2, -0.15) is 0 Å². The van der Waals surface area contributed by atoms with Crippen molar-refractivity contribution in [3.63, 3.8) is 0 Å². The molecule has 0 amide bonds.